The molecule has 7 N–H and O–H groups in total. The maximum Gasteiger partial charge on any atom is 0.172 e. The molecule has 0 saturated heterocycles. The van der Waals surface area contributed by atoms with Crippen molar-refractivity contribution >= 4 is 33.5 Å². The van der Waals surface area contributed by atoms with Crippen LogP contribution < -0.4 is 11.5 Å². The summed E-state index contributed by atoms with van der Waals surface area (Å²) in [5.74, 6) is -0.231. The molecule has 1 aromatic heterocycles. The first kappa shape index (κ1) is 12.8. The summed E-state index contributed by atoms with van der Waals surface area (Å²) in [6.45, 7) is 0. The zero-order chi connectivity index (χ0) is 15.0. The second-order valence-electron chi connectivity index (χ2n) is 4.55. The molecule has 0 saturated carbocycles. The average Bonchev–Trinajstić information content (AvgIpc) is 2.91. The first-order valence-electron chi connectivity index (χ1n) is 6.16. The van der Waals surface area contributed by atoms with Gasteiger partial charge in [-0.05, 0) is 12.1 Å². The summed E-state index contributed by atoms with van der Waals surface area (Å²) in [5.41, 5.74) is 13.8. The monoisotopic (exact) mass is 283 g/mol. The maximum absolute atomic E-state index is 9.01. The highest BCUT2D eigenvalue weighted by atomic mass is 16.4. The number of nitrogens with one attached hydrogen (secondary N) is 1. The highest BCUT2D eigenvalue weighted by molar-refractivity contribution is 6.21. The standard InChI is InChI=1S/C14H13N5O2/c15-13(18-20)9-6-5-8-7-3-1-2-4-10(7)17-12(8)11(9)14(16)19-21/h1-6,17,20-21H,(H2,15,18)(H2,16,19). The molecule has 0 unspecified atom stereocenters. The third-order valence-electron chi connectivity index (χ3n) is 3.43. The van der Waals surface area contributed by atoms with Gasteiger partial charge in [-0.25, -0.2) is 0 Å². The number of aromatic nitrogens is 1. The minimum absolute atomic E-state index is 0.114. The van der Waals surface area contributed by atoms with E-state index in [1.165, 1.54) is 0 Å². The van der Waals surface area contributed by atoms with E-state index in [-0.39, 0.29) is 11.7 Å². The van der Waals surface area contributed by atoms with Gasteiger partial charge in [0, 0.05) is 21.9 Å². The Balaban J connectivity index is 2.49. The Labute approximate surface area is 119 Å². The highest BCUT2D eigenvalue weighted by Gasteiger charge is 2.17. The number of rotatable bonds is 2. The van der Waals surface area contributed by atoms with Gasteiger partial charge in [0.05, 0.1) is 11.1 Å². The van der Waals surface area contributed by atoms with Crippen LogP contribution in [0.2, 0.25) is 0 Å². The largest absolute Gasteiger partial charge is 0.409 e. The smallest absolute Gasteiger partial charge is 0.172 e. The Bertz CT molecular complexity index is 895. The van der Waals surface area contributed by atoms with E-state index in [0.29, 0.717) is 16.6 Å². The van der Waals surface area contributed by atoms with Gasteiger partial charge in [-0.2, -0.15) is 0 Å². The van der Waals surface area contributed by atoms with Crippen LogP contribution in [0, 0.1) is 0 Å². The van der Waals surface area contributed by atoms with Gasteiger partial charge in [0.15, 0.2) is 11.7 Å². The van der Waals surface area contributed by atoms with E-state index in [1.54, 1.807) is 6.07 Å². The van der Waals surface area contributed by atoms with Crippen molar-refractivity contribution in [2.75, 3.05) is 0 Å². The maximum atomic E-state index is 9.01. The molecule has 0 spiro atoms. The first-order chi connectivity index (χ1) is 10.2. The lowest BCUT2D eigenvalue weighted by Gasteiger charge is -2.08. The van der Waals surface area contributed by atoms with Gasteiger partial charge < -0.3 is 26.9 Å². The average molecular weight is 283 g/mol. The molecule has 0 bridgehead atoms. The van der Waals surface area contributed by atoms with Crippen LogP contribution in [0.4, 0.5) is 0 Å². The number of hydrogen-bond donors (Lipinski definition) is 5. The molecule has 0 radical (unpaired) electrons. The molecule has 3 rings (SSSR count). The molecular formula is C14H13N5O2. The van der Waals surface area contributed by atoms with Gasteiger partial charge in [-0.3, -0.25) is 0 Å². The molecule has 0 aliphatic heterocycles. The molecule has 106 valence electrons. The van der Waals surface area contributed by atoms with Crippen LogP contribution in [-0.2, 0) is 0 Å². The lowest BCUT2D eigenvalue weighted by atomic mass is 10.0. The van der Waals surface area contributed by atoms with Crippen LogP contribution in [0.15, 0.2) is 46.7 Å². The number of fused-ring (bicyclic) bond motifs is 3. The fraction of sp³-hybridized carbons (Fsp3) is 0. The number of aromatic amines is 1. The van der Waals surface area contributed by atoms with Crippen LogP contribution in [0.5, 0.6) is 0 Å². The molecular weight excluding hydrogens is 270 g/mol. The third-order valence-corrected chi connectivity index (χ3v) is 3.43. The number of nitrogens with two attached hydrogens (primary N) is 2. The van der Waals surface area contributed by atoms with E-state index in [0.717, 1.165) is 16.3 Å². The van der Waals surface area contributed by atoms with Gasteiger partial charge in [-0.15, -0.1) is 0 Å². The predicted molar refractivity (Wildman–Crippen MR) is 80.8 cm³/mol. The summed E-state index contributed by atoms with van der Waals surface area (Å²) >= 11 is 0. The van der Waals surface area contributed by atoms with E-state index < -0.39 is 0 Å². The fourth-order valence-corrected chi connectivity index (χ4v) is 2.50. The summed E-state index contributed by atoms with van der Waals surface area (Å²) in [7, 11) is 0. The second-order valence-corrected chi connectivity index (χ2v) is 4.55. The number of oxime groups is 2. The Morgan fingerprint density at radius 2 is 1.62 bits per heavy atom. The highest BCUT2D eigenvalue weighted by Crippen LogP contribution is 2.29. The van der Waals surface area contributed by atoms with Crippen molar-refractivity contribution in [2.45, 2.75) is 0 Å². The second kappa shape index (κ2) is 4.71. The number of nitrogens with zero attached hydrogens (tertiary/aromatic N) is 2. The van der Waals surface area contributed by atoms with Crippen molar-refractivity contribution < 1.29 is 10.4 Å². The quantitative estimate of drug-likeness (QED) is 0.211. The molecule has 0 fully saturated rings. The first-order valence-corrected chi connectivity index (χ1v) is 6.16. The van der Waals surface area contributed by atoms with Crippen LogP contribution in [0.25, 0.3) is 21.8 Å². The number of amidine groups is 2. The van der Waals surface area contributed by atoms with Crippen molar-refractivity contribution in [3.8, 4) is 0 Å². The summed E-state index contributed by atoms with van der Waals surface area (Å²) in [6.07, 6.45) is 0. The minimum atomic E-state index is -0.117. The normalized spacial score (nSPS) is 13.1. The molecule has 21 heavy (non-hydrogen) atoms. The van der Waals surface area contributed by atoms with Crippen LogP contribution in [0.3, 0.4) is 0 Å². The van der Waals surface area contributed by atoms with E-state index in [2.05, 4.69) is 15.3 Å². The summed E-state index contributed by atoms with van der Waals surface area (Å²) in [6, 6.07) is 11.2. The molecule has 7 heteroatoms. The zero-order valence-electron chi connectivity index (χ0n) is 10.9. The van der Waals surface area contributed by atoms with Crippen LogP contribution >= 0.6 is 0 Å². The van der Waals surface area contributed by atoms with E-state index >= 15 is 0 Å². The predicted octanol–water partition coefficient (Wildman–Crippen LogP) is 1.51. The minimum Gasteiger partial charge on any atom is -0.409 e. The summed E-state index contributed by atoms with van der Waals surface area (Å²) < 4.78 is 0. The Morgan fingerprint density at radius 1 is 0.905 bits per heavy atom. The molecule has 0 amide bonds. The number of benzene rings is 2. The summed E-state index contributed by atoms with van der Waals surface area (Å²) in [5, 5.41) is 25.8. The van der Waals surface area contributed by atoms with Crippen LogP contribution in [0.1, 0.15) is 11.1 Å². The van der Waals surface area contributed by atoms with Gasteiger partial charge >= 0.3 is 0 Å². The lowest BCUT2D eigenvalue weighted by Crippen LogP contribution is -2.22. The number of H-pyrrole nitrogens is 1. The van der Waals surface area contributed by atoms with E-state index in [4.69, 9.17) is 21.9 Å². The van der Waals surface area contributed by atoms with Gasteiger partial charge in [0.1, 0.15) is 0 Å². The summed E-state index contributed by atoms with van der Waals surface area (Å²) in [4.78, 5) is 3.22. The van der Waals surface area contributed by atoms with E-state index in [1.807, 2.05) is 30.3 Å². The Kier molecular flexibility index (Phi) is 2.87. The number of para-hydroxylation sites is 1. The topological polar surface area (TPSA) is 133 Å². The molecule has 2 aromatic carbocycles. The third kappa shape index (κ3) is 1.83. The van der Waals surface area contributed by atoms with Crippen molar-refractivity contribution in [2.24, 2.45) is 21.8 Å². The molecule has 0 atom stereocenters. The fourth-order valence-electron chi connectivity index (χ4n) is 2.50. The van der Waals surface area contributed by atoms with Gasteiger partial charge in [0.25, 0.3) is 0 Å². The Hall–Kier alpha value is -3.22. The Morgan fingerprint density at radius 3 is 2.33 bits per heavy atom. The van der Waals surface area contributed by atoms with E-state index in [9.17, 15) is 0 Å². The van der Waals surface area contributed by atoms with Crippen LogP contribution in [-0.4, -0.2) is 27.1 Å². The van der Waals surface area contributed by atoms with Crippen molar-refractivity contribution in [1.82, 2.24) is 4.98 Å². The van der Waals surface area contributed by atoms with Crippen molar-refractivity contribution in [3.05, 3.63) is 47.5 Å². The molecule has 3 aromatic rings. The molecule has 0 aliphatic carbocycles. The van der Waals surface area contributed by atoms with Crippen molar-refractivity contribution in [3.63, 3.8) is 0 Å². The molecule has 1 heterocycles. The van der Waals surface area contributed by atoms with Crippen molar-refractivity contribution in [1.29, 1.82) is 0 Å². The van der Waals surface area contributed by atoms with Gasteiger partial charge in [-0.1, -0.05) is 34.6 Å². The molecule has 7 nitrogen and oxygen atoms in total. The zero-order valence-corrected chi connectivity index (χ0v) is 10.9. The van der Waals surface area contributed by atoms with Gasteiger partial charge in [0.2, 0.25) is 0 Å². The lowest BCUT2D eigenvalue weighted by molar-refractivity contribution is 0.318. The number of hydrogen-bond acceptors (Lipinski definition) is 4. The molecule has 0 aliphatic rings. The SMILES string of the molecule is N/C(=N\O)c1ccc2c([nH]c3ccccc32)c1/C(N)=N/O.